The molecule has 0 atom stereocenters. The Labute approximate surface area is 225 Å². The maximum atomic E-state index is 13.3. The summed E-state index contributed by atoms with van der Waals surface area (Å²) in [5.41, 5.74) is 4.39. The molecule has 1 amide bonds. The van der Waals surface area contributed by atoms with E-state index < -0.39 is 0 Å². The molecule has 1 aliphatic heterocycles. The van der Waals surface area contributed by atoms with Crippen molar-refractivity contribution in [2.45, 2.75) is 25.8 Å². The summed E-state index contributed by atoms with van der Waals surface area (Å²) in [6, 6.07) is 19.2. The number of fused-ring (bicyclic) bond motifs is 1. The number of aromatic nitrogens is 6. The first-order valence-electron chi connectivity index (χ1n) is 12.4. The highest BCUT2D eigenvalue weighted by Gasteiger charge is 2.28. The van der Waals surface area contributed by atoms with E-state index in [1.54, 1.807) is 10.7 Å². The van der Waals surface area contributed by atoms with E-state index in [2.05, 4.69) is 20.6 Å². The van der Waals surface area contributed by atoms with Crippen molar-refractivity contribution in [2.75, 3.05) is 18.4 Å². The molecule has 1 saturated heterocycles. The van der Waals surface area contributed by atoms with Gasteiger partial charge >= 0.3 is 0 Å². The van der Waals surface area contributed by atoms with Gasteiger partial charge in [-0.25, -0.2) is 4.98 Å². The van der Waals surface area contributed by atoms with E-state index in [1.807, 2.05) is 72.5 Å². The second-order valence-corrected chi connectivity index (χ2v) is 9.72. The maximum absolute atomic E-state index is 13.3. The Bertz CT molecular complexity index is 1630. The molecule has 6 rings (SSSR count). The van der Waals surface area contributed by atoms with Gasteiger partial charge in [0, 0.05) is 42.0 Å². The molecule has 0 bridgehead atoms. The van der Waals surface area contributed by atoms with Crippen molar-refractivity contribution in [3.63, 3.8) is 0 Å². The molecule has 0 unspecified atom stereocenters. The van der Waals surface area contributed by atoms with Crippen LogP contribution in [0.1, 0.15) is 29.0 Å². The van der Waals surface area contributed by atoms with E-state index in [-0.39, 0.29) is 11.9 Å². The first-order valence-corrected chi connectivity index (χ1v) is 12.8. The van der Waals surface area contributed by atoms with Crippen molar-refractivity contribution in [2.24, 2.45) is 0 Å². The number of hydrogen-bond acceptors (Lipinski definition) is 6. The van der Waals surface area contributed by atoms with Crippen molar-refractivity contribution in [1.82, 2.24) is 34.5 Å². The zero-order chi connectivity index (χ0) is 26.2. The fourth-order valence-electron chi connectivity index (χ4n) is 4.73. The number of carbonyl (C=O) groups excluding carboxylic acids is 1. The number of aryl methyl sites for hydroxylation is 1. The van der Waals surface area contributed by atoms with E-state index >= 15 is 0 Å². The molecule has 0 saturated carbocycles. The van der Waals surface area contributed by atoms with E-state index in [4.69, 9.17) is 24.4 Å². The van der Waals surface area contributed by atoms with Gasteiger partial charge in [0.15, 0.2) is 11.3 Å². The summed E-state index contributed by atoms with van der Waals surface area (Å²) >= 11 is 6.45. The molecular formula is C27H24BClN8O. The van der Waals surface area contributed by atoms with Crippen LogP contribution in [-0.2, 0) is 0 Å². The van der Waals surface area contributed by atoms with Crippen LogP contribution in [0.3, 0.4) is 0 Å². The Kier molecular flexibility index (Phi) is 6.33. The van der Waals surface area contributed by atoms with Gasteiger partial charge in [0.05, 0.1) is 17.1 Å². The quantitative estimate of drug-likeness (QED) is 0.356. The molecule has 3 aromatic heterocycles. The molecule has 38 heavy (non-hydrogen) atoms. The maximum Gasteiger partial charge on any atom is 0.276 e. The lowest BCUT2D eigenvalue weighted by Gasteiger charge is -2.32. The zero-order valence-corrected chi connectivity index (χ0v) is 21.5. The summed E-state index contributed by atoms with van der Waals surface area (Å²) in [6.07, 6.45) is 3.12. The van der Waals surface area contributed by atoms with Gasteiger partial charge in [-0.3, -0.25) is 4.79 Å². The van der Waals surface area contributed by atoms with E-state index in [0.717, 1.165) is 29.9 Å². The SMILES string of the molecule is [B]c1cnn2c(NC3CCN(C(=O)c4nn(-c5ccccc5)nc4C)CC3)cc(-c3ccccc3Cl)nc12. The first kappa shape index (κ1) is 24.2. The van der Waals surface area contributed by atoms with E-state index in [0.29, 0.717) is 46.3 Å². The summed E-state index contributed by atoms with van der Waals surface area (Å²) in [5.74, 6) is 0.670. The number of carbonyl (C=O) groups is 1. The van der Waals surface area contributed by atoms with Gasteiger partial charge in [0.2, 0.25) is 0 Å². The summed E-state index contributed by atoms with van der Waals surface area (Å²) in [5, 5.41) is 17.5. The van der Waals surface area contributed by atoms with Crippen molar-refractivity contribution in [3.05, 3.63) is 83.3 Å². The second kappa shape index (κ2) is 9.94. The van der Waals surface area contributed by atoms with Crippen LogP contribution >= 0.6 is 11.6 Å². The monoisotopic (exact) mass is 522 g/mol. The number of halogens is 1. The number of benzene rings is 2. The second-order valence-electron chi connectivity index (χ2n) is 9.31. The number of rotatable bonds is 5. The molecule has 2 aromatic carbocycles. The number of nitrogens with zero attached hydrogens (tertiary/aromatic N) is 7. The molecule has 4 heterocycles. The van der Waals surface area contributed by atoms with Gasteiger partial charge in [-0.1, -0.05) is 48.0 Å². The van der Waals surface area contributed by atoms with Crippen LogP contribution in [0.4, 0.5) is 5.82 Å². The standard InChI is InChI=1S/C27H24BClN8O/c1-17-25(34-37(33-17)19-7-3-2-4-8-19)27(38)35-13-11-18(12-14-35)31-24-15-23(20-9-5-6-10-22(20)29)32-26-21(28)16-30-36(24)26/h2-10,15-16,18,31H,11-14H2,1H3. The van der Waals surface area contributed by atoms with Crippen LogP contribution < -0.4 is 10.8 Å². The molecule has 2 radical (unpaired) electrons. The van der Waals surface area contributed by atoms with Gasteiger partial charge in [-0.2, -0.15) is 19.5 Å². The van der Waals surface area contributed by atoms with Crippen LogP contribution in [0.5, 0.6) is 0 Å². The minimum Gasteiger partial charge on any atom is -0.367 e. The number of likely N-dealkylation sites (tertiary alicyclic amines) is 1. The average Bonchev–Trinajstić information content (AvgIpc) is 3.52. The number of piperidine rings is 1. The first-order chi connectivity index (χ1) is 18.5. The molecule has 11 heteroatoms. The largest absolute Gasteiger partial charge is 0.367 e. The fourth-order valence-corrected chi connectivity index (χ4v) is 4.96. The third kappa shape index (κ3) is 4.52. The molecule has 1 aliphatic rings. The Morgan fingerprint density at radius 2 is 1.79 bits per heavy atom. The third-order valence-electron chi connectivity index (χ3n) is 6.75. The van der Waals surface area contributed by atoms with Crippen molar-refractivity contribution >= 4 is 42.3 Å². The Morgan fingerprint density at radius 3 is 2.55 bits per heavy atom. The highest BCUT2D eigenvalue weighted by Crippen LogP contribution is 2.29. The highest BCUT2D eigenvalue weighted by molar-refractivity contribution is 6.36. The molecular weight excluding hydrogens is 499 g/mol. The minimum atomic E-state index is -0.102. The lowest BCUT2D eigenvalue weighted by Crippen LogP contribution is -2.43. The van der Waals surface area contributed by atoms with Crippen molar-refractivity contribution < 1.29 is 4.79 Å². The van der Waals surface area contributed by atoms with Gasteiger partial charge in [-0.05, 0) is 43.4 Å². The number of amides is 1. The molecule has 5 aromatic rings. The fraction of sp³-hybridized carbons (Fsp3) is 0.222. The predicted octanol–water partition coefficient (Wildman–Crippen LogP) is 3.45. The molecule has 1 N–H and O–H groups in total. The Hall–Kier alpha value is -4.18. The molecule has 188 valence electrons. The third-order valence-corrected chi connectivity index (χ3v) is 7.08. The summed E-state index contributed by atoms with van der Waals surface area (Å²) in [6.45, 7) is 3.01. The topological polar surface area (TPSA) is 93.2 Å². The van der Waals surface area contributed by atoms with Gasteiger partial charge in [-0.15, -0.1) is 5.10 Å². The van der Waals surface area contributed by atoms with Crippen LogP contribution in [0.25, 0.3) is 22.6 Å². The summed E-state index contributed by atoms with van der Waals surface area (Å²) in [7, 11) is 6.16. The number of para-hydroxylation sites is 1. The highest BCUT2D eigenvalue weighted by atomic mass is 35.5. The van der Waals surface area contributed by atoms with Crippen molar-refractivity contribution in [1.29, 1.82) is 0 Å². The minimum absolute atomic E-state index is 0.102. The molecule has 9 nitrogen and oxygen atoms in total. The molecule has 0 aliphatic carbocycles. The molecule has 1 fully saturated rings. The van der Waals surface area contributed by atoms with Gasteiger partial charge in [0.1, 0.15) is 13.7 Å². The summed E-state index contributed by atoms with van der Waals surface area (Å²) < 4.78 is 1.71. The summed E-state index contributed by atoms with van der Waals surface area (Å²) in [4.78, 5) is 21.3. The lowest BCUT2D eigenvalue weighted by molar-refractivity contribution is 0.0711. The number of nitrogens with one attached hydrogen (secondary N) is 1. The number of hydrogen-bond donors (Lipinski definition) is 1. The normalized spacial score (nSPS) is 14.2. The Morgan fingerprint density at radius 1 is 1.05 bits per heavy atom. The van der Waals surface area contributed by atoms with Crippen LogP contribution in [0, 0.1) is 6.92 Å². The van der Waals surface area contributed by atoms with Gasteiger partial charge < -0.3 is 10.2 Å². The van der Waals surface area contributed by atoms with Crippen LogP contribution in [0.15, 0.2) is 66.9 Å². The molecule has 0 spiro atoms. The zero-order valence-electron chi connectivity index (χ0n) is 20.8. The smallest absolute Gasteiger partial charge is 0.276 e. The van der Waals surface area contributed by atoms with Gasteiger partial charge in [0.25, 0.3) is 5.91 Å². The number of anilines is 1. The van der Waals surface area contributed by atoms with E-state index in [1.165, 1.54) is 4.80 Å². The van der Waals surface area contributed by atoms with Crippen molar-refractivity contribution in [3.8, 4) is 16.9 Å². The van der Waals surface area contributed by atoms with Crippen LogP contribution in [-0.4, -0.2) is 67.4 Å². The lowest BCUT2D eigenvalue weighted by atomic mass is 10.0. The Balaban J connectivity index is 1.18. The van der Waals surface area contributed by atoms with Crippen LogP contribution in [0.2, 0.25) is 5.02 Å². The van der Waals surface area contributed by atoms with E-state index in [9.17, 15) is 4.79 Å². The predicted molar refractivity (Wildman–Crippen MR) is 147 cm³/mol. The average molecular weight is 523 g/mol.